The summed E-state index contributed by atoms with van der Waals surface area (Å²) in [6, 6.07) is 9.44. The Morgan fingerprint density at radius 1 is 1.23 bits per heavy atom. The van der Waals surface area contributed by atoms with E-state index < -0.39 is 0 Å². The molecule has 0 aliphatic heterocycles. The first-order valence-electron chi connectivity index (χ1n) is 9.47. The van der Waals surface area contributed by atoms with Crippen molar-refractivity contribution in [2.45, 2.75) is 25.5 Å². The summed E-state index contributed by atoms with van der Waals surface area (Å²) in [5.41, 5.74) is 2.17. The predicted octanol–water partition coefficient (Wildman–Crippen LogP) is 3.74. The van der Waals surface area contributed by atoms with Gasteiger partial charge in [-0.15, -0.1) is 10.2 Å². The smallest absolute Gasteiger partial charge is 0.235 e. The minimum atomic E-state index is -0.248. The Hall–Kier alpha value is -3.71. The number of amides is 1. The molecule has 4 aromatic rings. The molecule has 1 N–H and O–H groups in total. The van der Waals surface area contributed by atoms with Crippen molar-refractivity contribution >= 4 is 23.5 Å². The standard InChI is InChI=1S/C21H20N6O3S/c1-13-14(2)27(11-15-6-4-8-29-15)19(16(13)10-22)23-18(28)12-31-21-25-24-20(26(21)3)17-7-5-9-30-17/h4-9H,11-12H2,1-3H3,(H,23,28). The number of nitriles is 1. The number of carbonyl (C=O) groups is 1. The van der Waals surface area contributed by atoms with Crippen molar-refractivity contribution in [3.8, 4) is 17.7 Å². The van der Waals surface area contributed by atoms with Crippen LogP contribution < -0.4 is 5.32 Å². The zero-order valence-electron chi connectivity index (χ0n) is 17.2. The maximum absolute atomic E-state index is 12.7. The molecule has 0 saturated heterocycles. The number of hydrogen-bond donors (Lipinski definition) is 1. The minimum Gasteiger partial charge on any atom is -0.467 e. The van der Waals surface area contributed by atoms with Crippen LogP contribution in [0.1, 0.15) is 22.6 Å². The third-order valence-electron chi connectivity index (χ3n) is 5.00. The first-order valence-corrected chi connectivity index (χ1v) is 10.5. The van der Waals surface area contributed by atoms with Gasteiger partial charge in [0.25, 0.3) is 0 Å². The molecule has 0 aromatic carbocycles. The second-order valence-electron chi connectivity index (χ2n) is 6.89. The van der Waals surface area contributed by atoms with Crippen LogP contribution in [-0.4, -0.2) is 31.0 Å². The van der Waals surface area contributed by atoms with Gasteiger partial charge in [0.15, 0.2) is 16.7 Å². The zero-order valence-corrected chi connectivity index (χ0v) is 18.1. The fraction of sp³-hybridized carbons (Fsp3) is 0.238. The largest absolute Gasteiger partial charge is 0.467 e. The summed E-state index contributed by atoms with van der Waals surface area (Å²) < 4.78 is 14.5. The molecule has 9 nitrogen and oxygen atoms in total. The fourth-order valence-electron chi connectivity index (χ4n) is 3.25. The number of rotatable bonds is 7. The van der Waals surface area contributed by atoms with Crippen LogP contribution in [0.3, 0.4) is 0 Å². The van der Waals surface area contributed by atoms with E-state index in [9.17, 15) is 10.1 Å². The van der Waals surface area contributed by atoms with Gasteiger partial charge in [0.1, 0.15) is 17.6 Å². The number of aromatic nitrogens is 4. The molecule has 0 bridgehead atoms. The summed E-state index contributed by atoms with van der Waals surface area (Å²) in [6.45, 7) is 4.20. The van der Waals surface area contributed by atoms with Crippen molar-refractivity contribution in [1.82, 2.24) is 19.3 Å². The molecule has 4 aromatic heterocycles. The molecule has 0 unspecified atom stereocenters. The highest BCUT2D eigenvalue weighted by Crippen LogP contribution is 2.28. The molecule has 0 radical (unpaired) electrons. The molecule has 0 spiro atoms. The van der Waals surface area contributed by atoms with E-state index in [0.29, 0.717) is 34.7 Å². The molecule has 4 heterocycles. The van der Waals surface area contributed by atoms with Gasteiger partial charge in [-0.25, -0.2) is 0 Å². The summed E-state index contributed by atoms with van der Waals surface area (Å²) in [7, 11) is 1.81. The molecule has 4 rings (SSSR count). The third-order valence-corrected chi connectivity index (χ3v) is 6.02. The van der Waals surface area contributed by atoms with Gasteiger partial charge in [0.2, 0.25) is 5.91 Å². The molecule has 158 valence electrons. The number of nitrogens with zero attached hydrogens (tertiary/aromatic N) is 5. The molecule has 1 amide bonds. The predicted molar refractivity (Wildman–Crippen MR) is 114 cm³/mol. The Morgan fingerprint density at radius 2 is 2.00 bits per heavy atom. The second kappa shape index (κ2) is 8.57. The highest BCUT2D eigenvalue weighted by atomic mass is 32.2. The van der Waals surface area contributed by atoms with Crippen LogP contribution in [0.15, 0.2) is 50.8 Å². The summed E-state index contributed by atoms with van der Waals surface area (Å²) in [5, 5.41) is 21.4. The highest BCUT2D eigenvalue weighted by Gasteiger charge is 2.21. The van der Waals surface area contributed by atoms with Crippen molar-refractivity contribution in [2.24, 2.45) is 7.05 Å². The lowest BCUT2D eigenvalue weighted by molar-refractivity contribution is -0.113. The maximum Gasteiger partial charge on any atom is 0.235 e. The van der Waals surface area contributed by atoms with E-state index in [-0.39, 0.29) is 11.7 Å². The summed E-state index contributed by atoms with van der Waals surface area (Å²) in [6.07, 6.45) is 3.16. The minimum absolute atomic E-state index is 0.110. The van der Waals surface area contributed by atoms with E-state index in [0.717, 1.165) is 17.0 Å². The lowest BCUT2D eigenvalue weighted by Crippen LogP contribution is -2.18. The van der Waals surface area contributed by atoms with Gasteiger partial charge in [0, 0.05) is 12.7 Å². The fourth-order valence-corrected chi connectivity index (χ4v) is 3.96. The van der Waals surface area contributed by atoms with E-state index in [4.69, 9.17) is 8.83 Å². The number of furan rings is 2. The number of nitrogens with one attached hydrogen (secondary N) is 1. The Bertz CT molecular complexity index is 1250. The average molecular weight is 436 g/mol. The topological polar surface area (TPSA) is 115 Å². The number of carbonyl (C=O) groups excluding carboxylic acids is 1. The van der Waals surface area contributed by atoms with Gasteiger partial charge >= 0.3 is 0 Å². The quantitative estimate of drug-likeness (QED) is 0.439. The normalized spacial score (nSPS) is 10.9. The van der Waals surface area contributed by atoms with Crippen LogP contribution in [0.2, 0.25) is 0 Å². The van der Waals surface area contributed by atoms with Gasteiger partial charge in [-0.1, -0.05) is 11.8 Å². The molecule has 0 aliphatic carbocycles. The average Bonchev–Trinajstić information content (AvgIpc) is 3.54. The van der Waals surface area contributed by atoms with Crippen molar-refractivity contribution in [2.75, 3.05) is 11.1 Å². The molecule has 0 saturated carbocycles. The number of hydrogen-bond acceptors (Lipinski definition) is 7. The van der Waals surface area contributed by atoms with Gasteiger partial charge in [-0.2, -0.15) is 5.26 Å². The molecular formula is C21H20N6O3S. The van der Waals surface area contributed by atoms with E-state index in [1.807, 2.05) is 31.5 Å². The third kappa shape index (κ3) is 4.00. The Morgan fingerprint density at radius 3 is 2.68 bits per heavy atom. The Kier molecular flexibility index (Phi) is 5.68. The van der Waals surface area contributed by atoms with Gasteiger partial charge in [-0.3, -0.25) is 4.79 Å². The molecule has 0 atom stereocenters. The number of thioether (sulfide) groups is 1. The van der Waals surface area contributed by atoms with Crippen molar-refractivity contribution in [1.29, 1.82) is 5.26 Å². The lowest BCUT2D eigenvalue weighted by atomic mass is 10.2. The molecular weight excluding hydrogens is 416 g/mol. The van der Waals surface area contributed by atoms with E-state index in [2.05, 4.69) is 21.6 Å². The van der Waals surface area contributed by atoms with Crippen molar-refractivity contribution < 1.29 is 13.6 Å². The van der Waals surface area contributed by atoms with E-state index >= 15 is 0 Å². The second-order valence-corrected chi connectivity index (χ2v) is 7.83. The van der Waals surface area contributed by atoms with Gasteiger partial charge in [0.05, 0.1) is 30.4 Å². The molecule has 10 heteroatoms. The SMILES string of the molecule is Cc1c(C#N)c(NC(=O)CSc2nnc(-c3ccco3)n2C)n(Cc2ccco2)c1C. The summed E-state index contributed by atoms with van der Waals surface area (Å²) in [4.78, 5) is 12.7. The van der Waals surface area contributed by atoms with Crippen molar-refractivity contribution in [3.63, 3.8) is 0 Å². The molecule has 0 aliphatic rings. The van der Waals surface area contributed by atoms with Crippen LogP contribution in [0.5, 0.6) is 0 Å². The van der Waals surface area contributed by atoms with Gasteiger partial charge in [-0.05, 0) is 43.7 Å². The molecule has 31 heavy (non-hydrogen) atoms. The van der Waals surface area contributed by atoms with Crippen LogP contribution in [0.4, 0.5) is 5.82 Å². The molecule has 0 fully saturated rings. The lowest BCUT2D eigenvalue weighted by Gasteiger charge is -2.12. The monoisotopic (exact) mass is 436 g/mol. The van der Waals surface area contributed by atoms with E-state index in [1.54, 1.807) is 35.3 Å². The zero-order chi connectivity index (χ0) is 22.0. The summed E-state index contributed by atoms with van der Waals surface area (Å²) >= 11 is 1.25. The highest BCUT2D eigenvalue weighted by molar-refractivity contribution is 7.99. The van der Waals surface area contributed by atoms with Crippen LogP contribution >= 0.6 is 11.8 Å². The first-order chi connectivity index (χ1) is 15.0. The van der Waals surface area contributed by atoms with Crippen LogP contribution in [0, 0.1) is 25.2 Å². The van der Waals surface area contributed by atoms with Crippen LogP contribution in [-0.2, 0) is 18.4 Å². The van der Waals surface area contributed by atoms with Crippen molar-refractivity contribution in [3.05, 3.63) is 59.4 Å². The number of anilines is 1. The summed E-state index contributed by atoms with van der Waals surface area (Å²) in [5.74, 6) is 2.25. The maximum atomic E-state index is 12.7. The van der Waals surface area contributed by atoms with Gasteiger partial charge < -0.3 is 23.3 Å². The van der Waals surface area contributed by atoms with E-state index in [1.165, 1.54) is 11.8 Å². The Labute approximate surface area is 182 Å². The van der Waals surface area contributed by atoms with Crippen LogP contribution in [0.25, 0.3) is 11.6 Å². The first kappa shape index (κ1) is 20.6. The Balaban J connectivity index is 1.50.